The van der Waals surface area contributed by atoms with Gasteiger partial charge in [0.25, 0.3) is 0 Å². The normalized spacial score (nSPS) is 20.1. The molecule has 2 nitrogen and oxygen atoms in total. The molecule has 0 unspecified atom stereocenters. The van der Waals surface area contributed by atoms with Gasteiger partial charge in [-0.25, -0.2) is 0 Å². The van der Waals surface area contributed by atoms with Gasteiger partial charge in [-0.05, 0) is 19.1 Å². The van der Waals surface area contributed by atoms with Gasteiger partial charge in [0, 0.05) is 23.5 Å². The second kappa shape index (κ2) is 4.39. The van der Waals surface area contributed by atoms with E-state index in [1.165, 1.54) is 5.70 Å². The number of hydrogen-bond acceptors (Lipinski definition) is 2. The van der Waals surface area contributed by atoms with Crippen molar-refractivity contribution in [2.24, 2.45) is 11.1 Å². The SMILES string of the molecule is C/C=C\N1C(C(C)(C)C)=CC=C/C1=C/N. The lowest BCUT2D eigenvalue weighted by Gasteiger charge is -2.35. The van der Waals surface area contributed by atoms with Crippen LogP contribution < -0.4 is 5.73 Å². The van der Waals surface area contributed by atoms with Crippen molar-refractivity contribution >= 4 is 0 Å². The molecule has 0 spiro atoms. The molecule has 0 amide bonds. The van der Waals surface area contributed by atoms with Gasteiger partial charge in [-0.2, -0.15) is 0 Å². The molecule has 0 fully saturated rings. The smallest absolute Gasteiger partial charge is 0.0607 e. The minimum absolute atomic E-state index is 0.110. The lowest BCUT2D eigenvalue weighted by atomic mass is 9.89. The maximum atomic E-state index is 5.61. The molecule has 0 saturated heterocycles. The monoisotopic (exact) mass is 204 g/mol. The number of allylic oxidation sites excluding steroid dienone is 5. The van der Waals surface area contributed by atoms with Crippen LogP contribution in [0.25, 0.3) is 0 Å². The molecule has 15 heavy (non-hydrogen) atoms. The number of nitrogens with two attached hydrogens (primary N) is 1. The Bertz CT molecular complexity index is 338. The van der Waals surface area contributed by atoms with Crippen LogP contribution in [0, 0.1) is 5.41 Å². The van der Waals surface area contributed by atoms with Gasteiger partial charge in [-0.15, -0.1) is 0 Å². The van der Waals surface area contributed by atoms with Crippen molar-refractivity contribution in [3.05, 3.63) is 48.1 Å². The Morgan fingerprint density at radius 1 is 1.33 bits per heavy atom. The van der Waals surface area contributed by atoms with Crippen LogP contribution in [0.2, 0.25) is 0 Å². The molecule has 2 heteroatoms. The highest BCUT2D eigenvalue weighted by molar-refractivity contribution is 5.36. The van der Waals surface area contributed by atoms with Gasteiger partial charge in [-0.1, -0.05) is 32.9 Å². The summed E-state index contributed by atoms with van der Waals surface area (Å²) in [6.07, 6.45) is 11.9. The average molecular weight is 204 g/mol. The van der Waals surface area contributed by atoms with Gasteiger partial charge in [0.1, 0.15) is 0 Å². The lowest BCUT2D eigenvalue weighted by molar-refractivity contribution is 0.383. The summed E-state index contributed by atoms with van der Waals surface area (Å²) >= 11 is 0. The van der Waals surface area contributed by atoms with Gasteiger partial charge >= 0.3 is 0 Å². The maximum absolute atomic E-state index is 5.61. The predicted octanol–water partition coefficient (Wildman–Crippen LogP) is 3.12. The van der Waals surface area contributed by atoms with Crippen molar-refractivity contribution < 1.29 is 0 Å². The van der Waals surface area contributed by atoms with Gasteiger partial charge in [0.15, 0.2) is 0 Å². The van der Waals surface area contributed by atoms with E-state index in [-0.39, 0.29) is 5.41 Å². The molecule has 1 aliphatic heterocycles. The highest BCUT2D eigenvalue weighted by Crippen LogP contribution is 2.33. The molecule has 0 aromatic rings. The zero-order valence-electron chi connectivity index (χ0n) is 9.99. The van der Waals surface area contributed by atoms with Crippen molar-refractivity contribution in [2.75, 3.05) is 0 Å². The zero-order chi connectivity index (χ0) is 11.5. The topological polar surface area (TPSA) is 29.3 Å². The Morgan fingerprint density at radius 2 is 2.00 bits per heavy atom. The third kappa shape index (κ3) is 2.52. The van der Waals surface area contributed by atoms with E-state index in [0.29, 0.717) is 0 Å². The van der Waals surface area contributed by atoms with Crippen LogP contribution in [-0.2, 0) is 0 Å². The molecular formula is C13H20N2. The summed E-state index contributed by atoms with van der Waals surface area (Å²) in [5, 5.41) is 0. The van der Waals surface area contributed by atoms with E-state index in [4.69, 9.17) is 5.73 Å². The third-order valence-corrected chi connectivity index (χ3v) is 2.30. The number of nitrogens with zero attached hydrogens (tertiary/aromatic N) is 1. The van der Waals surface area contributed by atoms with E-state index in [0.717, 1.165) is 5.70 Å². The predicted molar refractivity (Wildman–Crippen MR) is 65.6 cm³/mol. The molecule has 1 rings (SSSR count). The Hall–Kier alpha value is -1.44. The molecule has 0 aromatic heterocycles. The molecule has 0 aromatic carbocycles. The summed E-state index contributed by atoms with van der Waals surface area (Å²) < 4.78 is 0. The Balaban J connectivity index is 3.14. The lowest BCUT2D eigenvalue weighted by Crippen LogP contribution is -2.27. The fraction of sp³-hybridized carbons (Fsp3) is 0.385. The van der Waals surface area contributed by atoms with Crippen LogP contribution >= 0.6 is 0 Å². The first kappa shape index (κ1) is 11.6. The van der Waals surface area contributed by atoms with E-state index < -0.39 is 0 Å². The molecule has 82 valence electrons. The minimum atomic E-state index is 0.110. The summed E-state index contributed by atoms with van der Waals surface area (Å²) in [6.45, 7) is 8.60. The summed E-state index contributed by atoms with van der Waals surface area (Å²) in [4.78, 5) is 2.12. The molecular weight excluding hydrogens is 184 g/mol. The largest absolute Gasteiger partial charge is 0.403 e. The van der Waals surface area contributed by atoms with Gasteiger partial charge < -0.3 is 10.6 Å². The highest BCUT2D eigenvalue weighted by Gasteiger charge is 2.24. The molecule has 0 bridgehead atoms. The van der Waals surface area contributed by atoms with Crippen LogP contribution in [-0.4, -0.2) is 4.90 Å². The molecule has 0 radical (unpaired) electrons. The fourth-order valence-corrected chi connectivity index (χ4v) is 1.60. The van der Waals surface area contributed by atoms with E-state index >= 15 is 0 Å². The summed E-state index contributed by atoms with van der Waals surface area (Å²) in [7, 11) is 0. The van der Waals surface area contributed by atoms with Crippen molar-refractivity contribution in [3.63, 3.8) is 0 Å². The van der Waals surface area contributed by atoms with E-state index in [9.17, 15) is 0 Å². The summed E-state index contributed by atoms with van der Waals surface area (Å²) in [6, 6.07) is 0. The van der Waals surface area contributed by atoms with E-state index in [1.807, 2.05) is 31.4 Å². The Morgan fingerprint density at radius 3 is 2.47 bits per heavy atom. The fourth-order valence-electron chi connectivity index (χ4n) is 1.60. The van der Waals surface area contributed by atoms with Gasteiger partial charge in [0.05, 0.1) is 5.70 Å². The van der Waals surface area contributed by atoms with Gasteiger partial charge in [-0.3, -0.25) is 0 Å². The van der Waals surface area contributed by atoms with Crippen LogP contribution in [0.3, 0.4) is 0 Å². The first-order valence-electron chi connectivity index (χ1n) is 5.23. The Labute approximate surface area is 92.5 Å². The molecule has 2 N–H and O–H groups in total. The van der Waals surface area contributed by atoms with Crippen molar-refractivity contribution in [3.8, 4) is 0 Å². The third-order valence-electron chi connectivity index (χ3n) is 2.30. The average Bonchev–Trinajstić information content (AvgIpc) is 2.17. The van der Waals surface area contributed by atoms with Crippen LogP contribution in [0.4, 0.5) is 0 Å². The van der Waals surface area contributed by atoms with Gasteiger partial charge in [0.2, 0.25) is 0 Å². The standard InChI is InChI=1S/C13H20N2/c1-5-9-15-11(10-14)7-6-8-12(15)13(2,3)4/h5-10H,14H2,1-4H3/b9-5-,11-10-. The summed E-state index contributed by atoms with van der Waals surface area (Å²) in [5.41, 5.74) is 7.99. The van der Waals surface area contributed by atoms with E-state index in [2.05, 4.69) is 31.7 Å². The quantitative estimate of drug-likeness (QED) is 0.711. The number of hydrogen-bond donors (Lipinski definition) is 1. The number of rotatable bonds is 1. The molecule has 0 atom stereocenters. The molecule has 1 aliphatic rings. The molecule has 1 heterocycles. The van der Waals surface area contributed by atoms with Crippen molar-refractivity contribution in [1.29, 1.82) is 0 Å². The van der Waals surface area contributed by atoms with Crippen molar-refractivity contribution in [1.82, 2.24) is 4.90 Å². The second-order valence-electron chi connectivity index (χ2n) is 4.60. The Kier molecular flexibility index (Phi) is 3.40. The second-order valence-corrected chi connectivity index (χ2v) is 4.60. The first-order valence-corrected chi connectivity index (χ1v) is 5.23. The van der Waals surface area contributed by atoms with Crippen LogP contribution in [0.15, 0.2) is 48.1 Å². The highest BCUT2D eigenvalue weighted by atomic mass is 15.1. The van der Waals surface area contributed by atoms with Crippen molar-refractivity contribution in [2.45, 2.75) is 27.7 Å². The van der Waals surface area contributed by atoms with Crippen LogP contribution in [0.1, 0.15) is 27.7 Å². The molecule has 0 saturated carbocycles. The van der Waals surface area contributed by atoms with Crippen LogP contribution in [0.5, 0.6) is 0 Å². The minimum Gasteiger partial charge on any atom is -0.403 e. The molecule has 0 aliphatic carbocycles. The maximum Gasteiger partial charge on any atom is 0.0607 e. The summed E-state index contributed by atoms with van der Waals surface area (Å²) in [5.74, 6) is 0. The van der Waals surface area contributed by atoms with E-state index in [1.54, 1.807) is 6.20 Å². The zero-order valence-corrected chi connectivity index (χ0v) is 9.99. The first-order chi connectivity index (χ1) is 7.00.